The minimum Gasteiger partial charge on any atom is -0.241 e. The van der Waals surface area contributed by atoms with Crippen LogP contribution in [0.15, 0.2) is 83.9 Å². The van der Waals surface area contributed by atoms with Crippen LogP contribution >= 0.6 is 0 Å². The first kappa shape index (κ1) is 16.6. The second-order valence-electron chi connectivity index (χ2n) is 6.42. The van der Waals surface area contributed by atoms with Crippen LogP contribution in [0, 0.1) is 13.8 Å². The van der Waals surface area contributed by atoms with Gasteiger partial charge in [0.2, 0.25) is 0 Å². The lowest BCUT2D eigenvalue weighted by molar-refractivity contribution is 0.589. The van der Waals surface area contributed by atoms with Gasteiger partial charge in [0.05, 0.1) is 10.4 Å². The Hall–Kier alpha value is -2.85. The van der Waals surface area contributed by atoms with E-state index < -0.39 is 10.0 Å². The fraction of sp³-hybridized carbons (Fsp3) is 0.0909. The van der Waals surface area contributed by atoms with E-state index in [1.807, 2.05) is 44.2 Å². The van der Waals surface area contributed by atoms with Gasteiger partial charge in [0, 0.05) is 11.6 Å². The van der Waals surface area contributed by atoms with Gasteiger partial charge in [-0.3, -0.25) is 0 Å². The number of aryl methyl sites for hydroxylation is 2. The largest absolute Gasteiger partial charge is 0.268 e. The Balaban J connectivity index is 1.98. The summed E-state index contributed by atoms with van der Waals surface area (Å²) in [6, 6.07) is 22.7. The average Bonchev–Trinajstić information content (AvgIpc) is 3.13. The third-order valence-corrected chi connectivity index (χ3v) is 6.47. The van der Waals surface area contributed by atoms with Crippen molar-refractivity contribution in [3.63, 3.8) is 0 Å². The van der Waals surface area contributed by atoms with Crippen molar-refractivity contribution in [1.82, 2.24) is 3.97 Å². The summed E-state index contributed by atoms with van der Waals surface area (Å²) in [5.74, 6) is 0. The predicted molar refractivity (Wildman–Crippen MR) is 106 cm³/mol. The molecule has 0 saturated heterocycles. The molecule has 0 fully saturated rings. The molecule has 0 amide bonds. The summed E-state index contributed by atoms with van der Waals surface area (Å²) in [5, 5.41) is 0.961. The molecule has 0 bridgehead atoms. The highest BCUT2D eigenvalue weighted by Crippen LogP contribution is 2.34. The Bertz CT molecular complexity index is 1190. The second kappa shape index (κ2) is 6.15. The van der Waals surface area contributed by atoms with E-state index in [9.17, 15) is 8.42 Å². The number of hydrogen-bond acceptors (Lipinski definition) is 2. The monoisotopic (exact) mass is 361 g/mol. The van der Waals surface area contributed by atoms with Gasteiger partial charge in [0.25, 0.3) is 10.0 Å². The first-order valence-electron chi connectivity index (χ1n) is 8.47. The first-order valence-corrected chi connectivity index (χ1v) is 9.91. The summed E-state index contributed by atoms with van der Waals surface area (Å²) in [4.78, 5) is 0.293. The van der Waals surface area contributed by atoms with Gasteiger partial charge in [-0.1, -0.05) is 48.5 Å². The topological polar surface area (TPSA) is 39.1 Å². The number of rotatable bonds is 3. The summed E-state index contributed by atoms with van der Waals surface area (Å²) in [6.07, 6.45) is 1.65. The van der Waals surface area contributed by atoms with Gasteiger partial charge in [-0.15, -0.1) is 0 Å². The first-order chi connectivity index (χ1) is 12.5. The van der Waals surface area contributed by atoms with Crippen molar-refractivity contribution < 1.29 is 8.42 Å². The summed E-state index contributed by atoms with van der Waals surface area (Å²) < 4.78 is 27.6. The van der Waals surface area contributed by atoms with Crippen molar-refractivity contribution in [3.8, 4) is 11.1 Å². The molecule has 1 aromatic heterocycles. The van der Waals surface area contributed by atoms with Gasteiger partial charge >= 0.3 is 0 Å². The normalized spacial score (nSPS) is 11.8. The molecule has 4 rings (SSSR count). The molecule has 4 aromatic rings. The molecule has 1 heterocycles. The average molecular weight is 361 g/mol. The summed E-state index contributed by atoms with van der Waals surface area (Å²) in [6.45, 7) is 4.01. The van der Waals surface area contributed by atoms with Gasteiger partial charge in [0.15, 0.2) is 0 Å². The molecule has 0 aliphatic rings. The van der Waals surface area contributed by atoms with Crippen LogP contribution in [0.2, 0.25) is 0 Å². The Kier molecular flexibility index (Phi) is 3.93. The molecule has 26 heavy (non-hydrogen) atoms. The van der Waals surface area contributed by atoms with E-state index in [1.165, 1.54) is 3.97 Å². The van der Waals surface area contributed by atoms with Crippen molar-refractivity contribution in [3.05, 3.63) is 90.1 Å². The number of aromatic nitrogens is 1. The smallest absolute Gasteiger partial charge is 0.241 e. The van der Waals surface area contributed by atoms with Crippen LogP contribution in [0.5, 0.6) is 0 Å². The molecule has 0 aliphatic heterocycles. The van der Waals surface area contributed by atoms with Crippen molar-refractivity contribution in [2.24, 2.45) is 0 Å². The SMILES string of the molecule is Cc1c(-c2ccccc2)cc(C)c2c1ccn2S(=O)(=O)c1ccccc1. The third-order valence-electron chi connectivity index (χ3n) is 4.78. The molecule has 0 unspecified atom stereocenters. The van der Waals surface area contributed by atoms with Crippen LogP contribution in [0.25, 0.3) is 22.0 Å². The van der Waals surface area contributed by atoms with E-state index in [2.05, 4.69) is 18.2 Å². The van der Waals surface area contributed by atoms with Crippen LogP contribution in [-0.2, 0) is 10.0 Å². The quantitative estimate of drug-likeness (QED) is 0.505. The van der Waals surface area contributed by atoms with Crippen molar-refractivity contribution in [1.29, 1.82) is 0 Å². The van der Waals surface area contributed by atoms with Crippen LogP contribution in [0.1, 0.15) is 11.1 Å². The van der Waals surface area contributed by atoms with E-state index in [4.69, 9.17) is 0 Å². The maximum Gasteiger partial charge on any atom is 0.268 e. The van der Waals surface area contributed by atoms with Gasteiger partial charge < -0.3 is 0 Å². The highest BCUT2D eigenvalue weighted by Gasteiger charge is 2.21. The van der Waals surface area contributed by atoms with Crippen molar-refractivity contribution in [2.45, 2.75) is 18.7 Å². The maximum absolute atomic E-state index is 13.1. The van der Waals surface area contributed by atoms with E-state index in [1.54, 1.807) is 30.5 Å². The third kappa shape index (κ3) is 2.54. The zero-order valence-electron chi connectivity index (χ0n) is 14.7. The lowest BCUT2D eigenvalue weighted by Gasteiger charge is -2.13. The van der Waals surface area contributed by atoms with Crippen LogP contribution < -0.4 is 0 Å². The molecule has 0 saturated carbocycles. The second-order valence-corrected chi connectivity index (χ2v) is 8.24. The number of fused-ring (bicyclic) bond motifs is 1. The molecule has 0 spiro atoms. The van der Waals surface area contributed by atoms with Gasteiger partial charge in [-0.25, -0.2) is 12.4 Å². The Labute approximate surface area is 153 Å². The van der Waals surface area contributed by atoms with Crippen LogP contribution in [0.4, 0.5) is 0 Å². The summed E-state index contributed by atoms with van der Waals surface area (Å²) in [7, 11) is -3.62. The predicted octanol–water partition coefficient (Wildman–Crippen LogP) is 5.16. The molecular weight excluding hydrogens is 342 g/mol. The molecule has 0 N–H and O–H groups in total. The van der Waals surface area contributed by atoms with Gasteiger partial charge in [-0.05, 0) is 60.4 Å². The van der Waals surface area contributed by atoms with Crippen molar-refractivity contribution in [2.75, 3.05) is 0 Å². The van der Waals surface area contributed by atoms with Gasteiger partial charge in [-0.2, -0.15) is 0 Å². The number of hydrogen-bond donors (Lipinski definition) is 0. The fourth-order valence-corrected chi connectivity index (χ4v) is 4.90. The molecule has 3 aromatic carbocycles. The number of benzene rings is 3. The standard InChI is InChI=1S/C22H19NO2S/c1-16-15-21(18-9-5-3-6-10-18)17(2)20-13-14-23(22(16)20)26(24,25)19-11-7-4-8-12-19/h3-15H,1-2H3. The molecule has 4 heteroatoms. The minimum absolute atomic E-state index is 0.293. The van der Waals surface area contributed by atoms with Gasteiger partial charge in [0.1, 0.15) is 0 Å². The zero-order chi connectivity index (χ0) is 18.3. The zero-order valence-corrected chi connectivity index (χ0v) is 15.5. The van der Waals surface area contributed by atoms with E-state index in [0.29, 0.717) is 4.90 Å². The Morgan fingerprint density at radius 3 is 2.08 bits per heavy atom. The maximum atomic E-state index is 13.1. The molecule has 130 valence electrons. The van der Waals surface area contributed by atoms with Crippen LogP contribution in [0.3, 0.4) is 0 Å². The van der Waals surface area contributed by atoms with E-state index in [0.717, 1.165) is 33.2 Å². The lowest BCUT2D eigenvalue weighted by Crippen LogP contribution is -2.12. The van der Waals surface area contributed by atoms with E-state index >= 15 is 0 Å². The van der Waals surface area contributed by atoms with Crippen molar-refractivity contribution >= 4 is 20.9 Å². The fourth-order valence-electron chi connectivity index (χ4n) is 3.47. The summed E-state index contributed by atoms with van der Waals surface area (Å²) >= 11 is 0. The molecule has 0 atom stereocenters. The summed E-state index contributed by atoms with van der Waals surface area (Å²) in [5.41, 5.74) is 5.03. The highest BCUT2D eigenvalue weighted by molar-refractivity contribution is 7.90. The highest BCUT2D eigenvalue weighted by atomic mass is 32.2. The molecular formula is C22H19NO2S. The van der Waals surface area contributed by atoms with E-state index in [-0.39, 0.29) is 0 Å². The Morgan fingerprint density at radius 1 is 0.808 bits per heavy atom. The lowest BCUT2D eigenvalue weighted by atomic mass is 9.95. The van der Waals surface area contributed by atoms with Crippen LogP contribution in [-0.4, -0.2) is 12.4 Å². The number of nitrogens with zero attached hydrogens (tertiary/aromatic N) is 1. The Morgan fingerprint density at radius 2 is 1.42 bits per heavy atom. The molecule has 0 radical (unpaired) electrons. The molecule has 0 aliphatic carbocycles. The molecule has 3 nitrogen and oxygen atoms in total. The minimum atomic E-state index is -3.62.